The fraction of sp³-hybridized carbons (Fsp3) is 1.00. The standard InChI is InChI=1S/C8H16Cl2N2O2/c9-7(10)3-1-2-6(4-11,5-12)8(7,13)14/h13-14H,1-5,11-12H2. The van der Waals surface area contributed by atoms with Crippen LogP contribution in [0.4, 0.5) is 0 Å². The number of rotatable bonds is 2. The maximum Gasteiger partial charge on any atom is 0.205 e. The van der Waals surface area contributed by atoms with E-state index in [9.17, 15) is 10.2 Å². The molecule has 0 heterocycles. The van der Waals surface area contributed by atoms with Crippen LogP contribution in [0.2, 0.25) is 0 Å². The normalized spacial score (nSPS) is 28.7. The molecular weight excluding hydrogens is 227 g/mol. The Bertz CT molecular complexity index is 217. The first-order chi connectivity index (χ1) is 6.33. The van der Waals surface area contributed by atoms with Crippen LogP contribution < -0.4 is 11.5 Å². The molecule has 14 heavy (non-hydrogen) atoms. The van der Waals surface area contributed by atoms with Crippen LogP contribution in [-0.4, -0.2) is 33.4 Å². The predicted molar refractivity (Wildman–Crippen MR) is 56.0 cm³/mol. The average molecular weight is 243 g/mol. The molecule has 0 amide bonds. The summed E-state index contributed by atoms with van der Waals surface area (Å²) in [6, 6.07) is 0. The number of hydrogen-bond donors (Lipinski definition) is 4. The van der Waals surface area contributed by atoms with Crippen LogP contribution in [0.25, 0.3) is 0 Å². The van der Waals surface area contributed by atoms with Crippen molar-refractivity contribution in [2.75, 3.05) is 13.1 Å². The smallest absolute Gasteiger partial charge is 0.205 e. The second-order valence-corrected chi connectivity index (χ2v) is 5.40. The van der Waals surface area contributed by atoms with Crippen LogP contribution in [0.3, 0.4) is 0 Å². The van der Waals surface area contributed by atoms with Gasteiger partial charge in [-0.15, -0.1) is 0 Å². The van der Waals surface area contributed by atoms with Gasteiger partial charge in [-0.05, 0) is 19.3 Å². The second-order valence-electron chi connectivity index (χ2n) is 3.92. The van der Waals surface area contributed by atoms with Crippen LogP contribution in [0, 0.1) is 5.41 Å². The molecule has 1 saturated carbocycles. The van der Waals surface area contributed by atoms with Gasteiger partial charge < -0.3 is 21.7 Å². The van der Waals surface area contributed by atoms with Crippen LogP contribution in [0.1, 0.15) is 19.3 Å². The van der Waals surface area contributed by atoms with E-state index in [2.05, 4.69) is 0 Å². The zero-order valence-corrected chi connectivity index (χ0v) is 9.35. The predicted octanol–water partition coefficient (Wildman–Crippen LogP) is -0.0711. The quantitative estimate of drug-likeness (QED) is 0.403. The lowest BCUT2D eigenvalue weighted by Gasteiger charge is -2.51. The molecule has 0 spiro atoms. The summed E-state index contributed by atoms with van der Waals surface area (Å²) in [6.45, 7) is 0.107. The van der Waals surface area contributed by atoms with Crippen LogP contribution in [0.15, 0.2) is 0 Å². The molecule has 0 unspecified atom stereocenters. The maximum atomic E-state index is 9.94. The zero-order chi connectivity index (χ0) is 11.0. The van der Waals surface area contributed by atoms with Crippen molar-refractivity contribution in [1.29, 1.82) is 0 Å². The molecule has 1 aliphatic rings. The number of hydrogen-bond acceptors (Lipinski definition) is 4. The van der Waals surface area contributed by atoms with E-state index >= 15 is 0 Å². The Morgan fingerprint density at radius 2 is 1.57 bits per heavy atom. The zero-order valence-electron chi connectivity index (χ0n) is 7.84. The molecule has 0 aromatic rings. The summed E-state index contributed by atoms with van der Waals surface area (Å²) in [4.78, 5) is 0. The van der Waals surface area contributed by atoms with Gasteiger partial charge in [0.1, 0.15) is 0 Å². The molecule has 0 radical (unpaired) electrons. The molecule has 4 nitrogen and oxygen atoms in total. The Labute approximate surface area is 93.2 Å². The SMILES string of the molecule is NCC1(CN)CCCC(Cl)(Cl)C1(O)O. The maximum absolute atomic E-state index is 9.94. The topological polar surface area (TPSA) is 92.5 Å². The first-order valence-electron chi connectivity index (χ1n) is 4.56. The molecular formula is C8H16Cl2N2O2. The van der Waals surface area contributed by atoms with Crippen LogP contribution in [0.5, 0.6) is 0 Å². The highest BCUT2D eigenvalue weighted by Crippen LogP contribution is 2.52. The van der Waals surface area contributed by atoms with Gasteiger partial charge >= 0.3 is 0 Å². The van der Waals surface area contributed by atoms with E-state index in [0.29, 0.717) is 19.3 Å². The van der Waals surface area contributed by atoms with Gasteiger partial charge in [-0.2, -0.15) is 0 Å². The Kier molecular flexibility index (Phi) is 3.37. The molecule has 0 atom stereocenters. The van der Waals surface area contributed by atoms with Gasteiger partial charge in [0.25, 0.3) is 0 Å². The molecule has 84 valence electrons. The molecule has 6 heteroatoms. The molecule has 1 fully saturated rings. The average Bonchev–Trinajstić information content (AvgIpc) is 2.10. The number of alkyl halides is 2. The summed E-state index contributed by atoms with van der Waals surface area (Å²) in [5.74, 6) is -2.23. The molecule has 1 rings (SSSR count). The summed E-state index contributed by atoms with van der Waals surface area (Å²) in [5, 5.41) is 19.9. The van der Waals surface area contributed by atoms with Crippen molar-refractivity contribution in [1.82, 2.24) is 0 Å². The summed E-state index contributed by atoms with van der Waals surface area (Å²) in [5.41, 5.74) is 10.1. The van der Waals surface area contributed by atoms with Crippen molar-refractivity contribution >= 4 is 23.2 Å². The minimum absolute atomic E-state index is 0.0533. The van der Waals surface area contributed by atoms with Gasteiger partial charge in [0.05, 0.1) is 5.41 Å². The van der Waals surface area contributed by atoms with Gasteiger partial charge in [0.2, 0.25) is 5.79 Å². The largest absolute Gasteiger partial charge is 0.363 e. The number of halogens is 2. The van der Waals surface area contributed by atoms with Crippen molar-refractivity contribution in [3.05, 3.63) is 0 Å². The van der Waals surface area contributed by atoms with Crippen molar-refractivity contribution in [2.24, 2.45) is 16.9 Å². The van der Waals surface area contributed by atoms with E-state index in [-0.39, 0.29) is 13.1 Å². The minimum atomic E-state index is -2.23. The van der Waals surface area contributed by atoms with Crippen molar-refractivity contribution in [2.45, 2.75) is 29.4 Å². The molecule has 0 aromatic heterocycles. The molecule has 0 bridgehead atoms. The van der Waals surface area contributed by atoms with E-state index < -0.39 is 15.5 Å². The summed E-state index contributed by atoms with van der Waals surface area (Å²) in [7, 11) is 0. The number of aliphatic hydroxyl groups is 2. The second kappa shape index (κ2) is 3.77. The molecule has 0 aliphatic heterocycles. The highest BCUT2D eigenvalue weighted by atomic mass is 35.5. The third kappa shape index (κ3) is 1.54. The number of nitrogens with two attached hydrogens (primary N) is 2. The first kappa shape index (κ1) is 12.5. The van der Waals surface area contributed by atoms with E-state index in [0.717, 1.165) is 0 Å². The van der Waals surface area contributed by atoms with E-state index in [1.807, 2.05) is 0 Å². The first-order valence-corrected chi connectivity index (χ1v) is 5.31. The molecule has 0 aromatic carbocycles. The van der Waals surface area contributed by atoms with Crippen LogP contribution in [-0.2, 0) is 0 Å². The third-order valence-electron chi connectivity index (χ3n) is 3.18. The summed E-state index contributed by atoms with van der Waals surface area (Å²) >= 11 is 11.7. The Hall–Kier alpha value is 0.420. The van der Waals surface area contributed by atoms with Crippen molar-refractivity contribution < 1.29 is 10.2 Å². The lowest BCUT2D eigenvalue weighted by molar-refractivity contribution is -0.260. The Morgan fingerprint density at radius 1 is 1.07 bits per heavy atom. The summed E-state index contributed by atoms with van der Waals surface area (Å²) < 4.78 is -1.59. The van der Waals surface area contributed by atoms with Crippen LogP contribution >= 0.6 is 23.2 Å². The highest BCUT2D eigenvalue weighted by Gasteiger charge is 2.62. The molecule has 6 N–H and O–H groups in total. The van der Waals surface area contributed by atoms with E-state index in [1.54, 1.807) is 0 Å². The minimum Gasteiger partial charge on any atom is -0.363 e. The Balaban J connectivity index is 3.07. The molecule has 1 aliphatic carbocycles. The monoisotopic (exact) mass is 242 g/mol. The van der Waals surface area contributed by atoms with Gasteiger partial charge in [0, 0.05) is 13.1 Å². The van der Waals surface area contributed by atoms with Gasteiger partial charge in [-0.1, -0.05) is 23.2 Å². The van der Waals surface area contributed by atoms with E-state index in [4.69, 9.17) is 34.7 Å². The third-order valence-corrected chi connectivity index (χ3v) is 4.08. The van der Waals surface area contributed by atoms with Gasteiger partial charge in [0.15, 0.2) is 4.33 Å². The van der Waals surface area contributed by atoms with E-state index in [1.165, 1.54) is 0 Å². The molecule has 0 saturated heterocycles. The van der Waals surface area contributed by atoms with Gasteiger partial charge in [-0.3, -0.25) is 0 Å². The highest BCUT2D eigenvalue weighted by molar-refractivity contribution is 6.49. The van der Waals surface area contributed by atoms with Crippen molar-refractivity contribution in [3.63, 3.8) is 0 Å². The van der Waals surface area contributed by atoms with Crippen molar-refractivity contribution in [3.8, 4) is 0 Å². The fourth-order valence-electron chi connectivity index (χ4n) is 1.96. The Morgan fingerprint density at radius 3 is 1.93 bits per heavy atom. The fourth-order valence-corrected chi connectivity index (χ4v) is 2.63. The lowest BCUT2D eigenvalue weighted by Crippen LogP contribution is -2.66. The van der Waals surface area contributed by atoms with Gasteiger partial charge in [-0.25, -0.2) is 0 Å². The summed E-state index contributed by atoms with van der Waals surface area (Å²) in [6.07, 6.45) is 1.53. The lowest BCUT2D eigenvalue weighted by atomic mass is 9.68.